The molecule has 1 fully saturated rings. The normalized spacial score (nSPS) is 20.0. The molecule has 0 unspecified atom stereocenters. The zero-order valence-corrected chi connectivity index (χ0v) is 15.5. The van der Waals surface area contributed by atoms with Gasteiger partial charge >= 0.3 is 0 Å². The Kier molecular flexibility index (Phi) is 6.69. The lowest BCUT2D eigenvalue weighted by atomic mass is 9.79. The van der Waals surface area contributed by atoms with Crippen LogP contribution in [0.5, 0.6) is 0 Å². The fraction of sp³-hybridized carbons (Fsp3) is 0.455. The Morgan fingerprint density at radius 1 is 0.760 bits per heavy atom. The van der Waals surface area contributed by atoms with Gasteiger partial charge in [0.15, 0.2) is 0 Å². The van der Waals surface area contributed by atoms with E-state index in [2.05, 4.69) is 6.92 Å². The summed E-state index contributed by atoms with van der Waals surface area (Å²) in [5, 5.41) is 0. The van der Waals surface area contributed by atoms with Gasteiger partial charge in [-0.05, 0) is 60.9 Å². The smallest absolute Gasteiger partial charge is 0.131 e. The summed E-state index contributed by atoms with van der Waals surface area (Å²) in [7, 11) is 0. The second kappa shape index (κ2) is 8.55. The molecule has 1 saturated carbocycles. The van der Waals surface area contributed by atoms with E-state index in [0.717, 1.165) is 49.3 Å². The summed E-state index contributed by atoms with van der Waals surface area (Å²) < 4.78 is 42.2. The zero-order chi connectivity index (χ0) is 18.6. The van der Waals surface area contributed by atoms with Gasteiger partial charge in [-0.2, -0.15) is 0 Å². The summed E-state index contributed by atoms with van der Waals surface area (Å²) in [6.07, 6.45) is 4.44. The molecule has 2 aromatic carbocycles. The average Bonchev–Trinajstić information content (AvgIpc) is 2.61. The van der Waals surface area contributed by atoms with Crippen LogP contribution in [0.3, 0.4) is 0 Å². The van der Waals surface area contributed by atoms with Crippen LogP contribution >= 0.6 is 0 Å². The molecule has 0 N–H and O–H groups in total. The van der Waals surface area contributed by atoms with Gasteiger partial charge in [-0.25, -0.2) is 13.2 Å². The molecule has 0 aromatic heterocycles. The third-order valence-corrected chi connectivity index (χ3v) is 5.02. The lowest BCUT2D eigenvalue weighted by Gasteiger charge is -2.26. The summed E-state index contributed by atoms with van der Waals surface area (Å²) in [5.41, 5.74) is 1.29. The highest BCUT2D eigenvalue weighted by molar-refractivity contribution is 5.66. The Morgan fingerprint density at radius 3 is 1.96 bits per heavy atom. The maximum absolute atomic E-state index is 14.5. The second-order valence-electron chi connectivity index (χ2n) is 6.78. The molecule has 3 rings (SSSR count). The maximum Gasteiger partial charge on any atom is 0.131 e. The highest BCUT2D eigenvalue weighted by atomic mass is 19.1. The van der Waals surface area contributed by atoms with Crippen molar-refractivity contribution in [1.82, 2.24) is 0 Å². The predicted molar refractivity (Wildman–Crippen MR) is 98.2 cm³/mol. The molecule has 0 saturated heterocycles. The summed E-state index contributed by atoms with van der Waals surface area (Å²) in [6.45, 7) is 7.74. The van der Waals surface area contributed by atoms with Crippen LogP contribution in [0, 0.1) is 30.3 Å². The van der Waals surface area contributed by atoms with Crippen LogP contribution in [0.15, 0.2) is 30.3 Å². The van der Waals surface area contributed by atoms with Gasteiger partial charge in [0.25, 0.3) is 0 Å². The van der Waals surface area contributed by atoms with Gasteiger partial charge in [-0.15, -0.1) is 0 Å². The van der Waals surface area contributed by atoms with Gasteiger partial charge < -0.3 is 0 Å². The molecule has 0 aliphatic heterocycles. The minimum Gasteiger partial charge on any atom is -0.207 e. The minimum absolute atomic E-state index is 0.0191. The summed E-state index contributed by atoms with van der Waals surface area (Å²) in [4.78, 5) is 0. The Bertz CT molecular complexity index is 713. The lowest BCUT2D eigenvalue weighted by Crippen LogP contribution is -2.11. The van der Waals surface area contributed by atoms with Crippen molar-refractivity contribution < 1.29 is 13.2 Å². The molecule has 136 valence electrons. The predicted octanol–water partition coefficient (Wildman–Crippen LogP) is 7.40. The van der Waals surface area contributed by atoms with Crippen molar-refractivity contribution in [2.45, 2.75) is 59.3 Å². The van der Waals surface area contributed by atoms with Crippen LogP contribution in [-0.2, 0) is 0 Å². The SMILES string of the molecule is CC.Cc1cc(F)c(-c2ccc(C3CCC(C)CC3)cc2F)cc1F. The Labute approximate surface area is 149 Å². The van der Waals surface area contributed by atoms with Gasteiger partial charge in [0.2, 0.25) is 0 Å². The van der Waals surface area contributed by atoms with E-state index in [4.69, 9.17) is 0 Å². The first-order chi connectivity index (χ1) is 12.0. The van der Waals surface area contributed by atoms with Crippen LogP contribution in [-0.4, -0.2) is 0 Å². The molecule has 0 amide bonds. The monoisotopic (exact) mass is 348 g/mol. The fourth-order valence-electron chi connectivity index (χ4n) is 3.45. The van der Waals surface area contributed by atoms with Crippen molar-refractivity contribution >= 4 is 0 Å². The Hall–Kier alpha value is -1.77. The van der Waals surface area contributed by atoms with Gasteiger partial charge in [0, 0.05) is 11.1 Å². The largest absolute Gasteiger partial charge is 0.207 e. The van der Waals surface area contributed by atoms with Crippen molar-refractivity contribution in [3.05, 3.63) is 58.9 Å². The summed E-state index contributed by atoms with van der Waals surface area (Å²) >= 11 is 0. The molecule has 0 atom stereocenters. The van der Waals surface area contributed by atoms with Crippen LogP contribution in [0.1, 0.15) is 63.5 Å². The van der Waals surface area contributed by atoms with E-state index < -0.39 is 17.5 Å². The molecule has 1 aliphatic rings. The molecule has 25 heavy (non-hydrogen) atoms. The lowest BCUT2D eigenvalue weighted by molar-refractivity contribution is 0.347. The van der Waals surface area contributed by atoms with Gasteiger partial charge in [0.1, 0.15) is 17.5 Å². The Morgan fingerprint density at radius 2 is 1.36 bits per heavy atom. The van der Waals surface area contributed by atoms with E-state index in [1.807, 2.05) is 19.9 Å². The van der Waals surface area contributed by atoms with Gasteiger partial charge in [-0.1, -0.05) is 45.7 Å². The van der Waals surface area contributed by atoms with Crippen molar-refractivity contribution in [1.29, 1.82) is 0 Å². The number of aryl methyl sites for hydroxylation is 1. The van der Waals surface area contributed by atoms with Crippen LogP contribution in [0.2, 0.25) is 0 Å². The molecule has 0 heterocycles. The molecule has 0 nitrogen and oxygen atoms in total. The Balaban J connectivity index is 0.00000109. The van der Waals surface area contributed by atoms with Crippen molar-refractivity contribution in [2.24, 2.45) is 5.92 Å². The van der Waals surface area contributed by atoms with E-state index >= 15 is 0 Å². The molecule has 0 spiro atoms. The van der Waals surface area contributed by atoms with E-state index in [1.165, 1.54) is 13.0 Å². The summed E-state index contributed by atoms with van der Waals surface area (Å²) in [6, 6.07) is 7.12. The van der Waals surface area contributed by atoms with E-state index in [-0.39, 0.29) is 16.7 Å². The van der Waals surface area contributed by atoms with E-state index in [1.54, 1.807) is 6.07 Å². The number of hydrogen-bond acceptors (Lipinski definition) is 0. The molecule has 1 aliphatic carbocycles. The van der Waals surface area contributed by atoms with E-state index in [9.17, 15) is 13.2 Å². The number of hydrogen-bond donors (Lipinski definition) is 0. The molecule has 3 heteroatoms. The third-order valence-electron chi connectivity index (χ3n) is 5.02. The van der Waals surface area contributed by atoms with Crippen molar-refractivity contribution in [3.63, 3.8) is 0 Å². The van der Waals surface area contributed by atoms with E-state index in [0.29, 0.717) is 5.92 Å². The number of halogens is 3. The molecule has 2 aromatic rings. The molecule has 0 radical (unpaired) electrons. The molecule has 0 bridgehead atoms. The first-order valence-electron chi connectivity index (χ1n) is 9.21. The highest BCUT2D eigenvalue weighted by Gasteiger charge is 2.21. The highest BCUT2D eigenvalue weighted by Crippen LogP contribution is 2.37. The van der Waals surface area contributed by atoms with Crippen LogP contribution < -0.4 is 0 Å². The first kappa shape index (κ1) is 19.6. The third kappa shape index (κ3) is 4.45. The standard InChI is InChI=1S/C20H21F3.C2H6/c1-12-3-5-14(6-4-12)15-7-8-16(20(23)10-15)17-11-18(21)13(2)9-19(17)22;1-2/h7-12,14H,3-6H2,1-2H3;1-2H3. The zero-order valence-electron chi connectivity index (χ0n) is 15.5. The topological polar surface area (TPSA) is 0 Å². The van der Waals surface area contributed by atoms with Crippen molar-refractivity contribution in [2.75, 3.05) is 0 Å². The minimum atomic E-state index is -0.595. The number of benzene rings is 2. The quantitative estimate of drug-likeness (QED) is 0.530. The van der Waals surface area contributed by atoms with Crippen LogP contribution in [0.25, 0.3) is 11.1 Å². The first-order valence-corrected chi connectivity index (χ1v) is 9.21. The average molecular weight is 348 g/mol. The molecular weight excluding hydrogens is 321 g/mol. The van der Waals surface area contributed by atoms with Crippen LogP contribution in [0.4, 0.5) is 13.2 Å². The van der Waals surface area contributed by atoms with Gasteiger partial charge in [0.05, 0.1) is 0 Å². The fourth-order valence-corrected chi connectivity index (χ4v) is 3.45. The summed E-state index contributed by atoms with van der Waals surface area (Å²) in [5.74, 6) is -0.495. The molecular formula is C22H27F3. The van der Waals surface area contributed by atoms with Gasteiger partial charge in [-0.3, -0.25) is 0 Å². The second-order valence-corrected chi connectivity index (χ2v) is 6.78. The maximum atomic E-state index is 14.5. The number of rotatable bonds is 2. The van der Waals surface area contributed by atoms with Crippen molar-refractivity contribution in [3.8, 4) is 11.1 Å².